The normalized spacial score (nSPS) is 16.2. The van der Waals surface area contributed by atoms with Crippen LogP contribution in [0.15, 0.2) is 52.7 Å². The molecule has 0 saturated carbocycles. The summed E-state index contributed by atoms with van der Waals surface area (Å²) in [5, 5.41) is 3.90. The Morgan fingerprint density at radius 3 is 2.52 bits per heavy atom. The number of rotatable bonds is 4. The molecule has 0 saturated heterocycles. The van der Waals surface area contributed by atoms with Crippen LogP contribution in [0.2, 0.25) is 0 Å². The SMILES string of the molecule is COc1ccccc1C(=O)O/N=C1\C=C(C(C)C)C(=O)C=C1C. The number of benzene rings is 1. The first-order valence-corrected chi connectivity index (χ1v) is 7.31. The van der Waals surface area contributed by atoms with Crippen molar-refractivity contribution in [1.29, 1.82) is 0 Å². The van der Waals surface area contributed by atoms with Crippen LogP contribution in [0.3, 0.4) is 0 Å². The molecule has 2 rings (SSSR count). The second-order valence-corrected chi connectivity index (χ2v) is 5.50. The van der Waals surface area contributed by atoms with Gasteiger partial charge < -0.3 is 9.57 Å². The summed E-state index contributed by atoms with van der Waals surface area (Å²) in [4.78, 5) is 29.1. The highest BCUT2D eigenvalue weighted by molar-refractivity contribution is 6.21. The van der Waals surface area contributed by atoms with Gasteiger partial charge in [0.1, 0.15) is 17.0 Å². The van der Waals surface area contributed by atoms with E-state index in [0.29, 0.717) is 28.2 Å². The number of para-hydroxylation sites is 1. The van der Waals surface area contributed by atoms with Gasteiger partial charge in [-0.1, -0.05) is 31.1 Å². The van der Waals surface area contributed by atoms with Crippen LogP contribution in [-0.4, -0.2) is 24.6 Å². The van der Waals surface area contributed by atoms with Crippen molar-refractivity contribution in [2.24, 2.45) is 11.1 Å². The van der Waals surface area contributed by atoms with E-state index in [-0.39, 0.29) is 11.7 Å². The summed E-state index contributed by atoms with van der Waals surface area (Å²) in [5.41, 5.74) is 2.06. The van der Waals surface area contributed by atoms with E-state index < -0.39 is 5.97 Å². The third-order valence-corrected chi connectivity index (χ3v) is 3.50. The number of hydrogen-bond acceptors (Lipinski definition) is 5. The Hall–Kier alpha value is -2.69. The lowest BCUT2D eigenvalue weighted by Crippen LogP contribution is -2.16. The zero-order valence-electron chi connectivity index (χ0n) is 13.6. The molecule has 5 nitrogen and oxygen atoms in total. The van der Waals surface area contributed by atoms with E-state index in [2.05, 4.69) is 5.16 Å². The van der Waals surface area contributed by atoms with Crippen molar-refractivity contribution >= 4 is 17.5 Å². The van der Waals surface area contributed by atoms with Gasteiger partial charge in [0.15, 0.2) is 5.78 Å². The number of oxime groups is 1. The van der Waals surface area contributed by atoms with Crippen molar-refractivity contribution in [2.75, 3.05) is 7.11 Å². The van der Waals surface area contributed by atoms with Gasteiger partial charge in [-0.2, -0.15) is 0 Å². The average molecular weight is 313 g/mol. The molecule has 0 bridgehead atoms. The minimum Gasteiger partial charge on any atom is -0.496 e. The van der Waals surface area contributed by atoms with E-state index in [0.717, 1.165) is 0 Å². The molecular weight excluding hydrogens is 294 g/mol. The van der Waals surface area contributed by atoms with Gasteiger partial charge in [-0.25, -0.2) is 4.79 Å². The first kappa shape index (κ1) is 16.7. The first-order valence-electron chi connectivity index (χ1n) is 7.31. The van der Waals surface area contributed by atoms with E-state index in [9.17, 15) is 9.59 Å². The summed E-state index contributed by atoms with van der Waals surface area (Å²) in [6.07, 6.45) is 3.17. The molecule has 1 aromatic rings. The number of nitrogens with zero attached hydrogens (tertiary/aromatic N) is 1. The van der Waals surface area contributed by atoms with Gasteiger partial charge in [0, 0.05) is 5.57 Å². The fraction of sp³-hybridized carbons (Fsp3) is 0.278. The van der Waals surface area contributed by atoms with Gasteiger partial charge >= 0.3 is 5.97 Å². The predicted octanol–water partition coefficient (Wildman–Crippen LogP) is 3.32. The monoisotopic (exact) mass is 313 g/mol. The number of allylic oxidation sites excluding steroid dienone is 4. The summed E-state index contributed by atoms with van der Waals surface area (Å²) in [6.45, 7) is 5.61. The number of methoxy groups -OCH3 is 1. The molecule has 0 aliphatic heterocycles. The molecule has 0 spiro atoms. The van der Waals surface area contributed by atoms with Crippen LogP contribution >= 0.6 is 0 Å². The van der Waals surface area contributed by atoms with E-state index in [1.54, 1.807) is 37.3 Å². The van der Waals surface area contributed by atoms with Crippen LogP contribution in [0, 0.1) is 5.92 Å². The third-order valence-electron chi connectivity index (χ3n) is 3.50. The lowest BCUT2D eigenvalue weighted by atomic mass is 9.90. The van der Waals surface area contributed by atoms with Crippen LogP contribution in [0.25, 0.3) is 0 Å². The van der Waals surface area contributed by atoms with Gasteiger partial charge in [0.25, 0.3) is 0 Å². The topological polar surface area (TPSA) is 65.0 Å². The zero-order valence-corrected chi connectivity index (χ0v) is 13.6. The third kappa shape index (κ3) is 3.74. The number of hydrogen-bond donors (Lipinski definition) is 0. The highest BCUT2D eigenvalue weighted by atomic mass is 16.7. The van der Waals surface area contributed by atoms with Crippen molar-refractivity contribution in [3.05, 3.63) is 53.1 Å². The molecule has 1 aliphatic carbocycles. The van der Waals surface area contributed by atoms with E-state index >= 15 is 0 Å². The second kappa shape index (κ2) is 7.05. The number of ether oxygens (including phenoxy) is 1. The standard InChI is InChI=1S/C18H19NO4/c1-11(2)14-10-15(12(3)9-16(14)20)19-23-18(21)13-7-5-6-8-17(13)22-4/h5-11H,1-4H3/b19-15+. The molecule has 0 atom stereocenters. The Balaban J connectivity index is 2.23. The largest absolute Gasteiger partial charge is 0.496 e. The minimum atomic E-state index is -0.612. The maximum atomic E-state index is 12.1. The number of carbonyl (C=O) groups is 2. The average Bonchev–Trinajstić information content (AvgIpc) is 2.53. The van der Waals surface area contributed by atoms with Crippen molar-refractivity contribution < 1.29 is 19.2 Å². The molecule has 0 heterocycles. The molecule has 0 radical (unpaired) electrons. The molecule has 1 aromatic carbocycles. The van der Waals surface area contributed by atoms with Gasteiger partial charge in [-0.15, -0.1) is 0 Å². The number of carbonyl (C=O) groups excluding carboxylic acids is 2. The molecule has 0 N–H and O–H groups in total. The molecule has 120 valence electrons. The predicted molar refractivity (Wildman–Crippen MR) is 87.5 cm³/mol. The van der Waals surface area contributed by atoms with Crippen molar-refractivity contribution in [1.82, 2.24) is 0 Å². The van der Waals surface area contributed by atoms with Crippen LogP contribution in [-0.2, 0) is 9.63 Å². The second-order valence-electron chi connectivity index (χ2n) is 5.50. The summed E-state index contributed by atoms with van der Waals surface area (Å²) < 4.78 is 5.12. The molecule has 0 amide bonds. The van der Waals surface area contributed by atoms with Gasteiger partial charge in [0.05, 0.1) is 7.11 Å². The lowest BCUT2D eigenvalue weighted by Gasteiger charge is -2.14. The fourth-order valence-corrected chi connectivity index (χ4v) is 2.19. The van der Waals surface area contributed by atoms with Crippen molar-refractivity contribution in [3.8, 4) is 5.75 Å². The molecule has 5 heteroatoms. The summed E-state index contributed by atoms with van der Waals surface area (Å²) in [6, 6.07) is 6.75. The smallest absolute Gasteiger partial charge is 0.369 e. The Kier molecular flexibility index (Phi) is 5.11. The van der Waals surface area contributed by atoms with Crippen molar-refractivity contribution in [2.45, 2.75) is 20.8 Å². The minimum absolute atomic E-state index is 0.0347. The maximum absolute atomic E-state index is 12.1. The summed E-state index contributed by atoms with van der Waals surface area (Å²) in [7, 11) is 1.48. The van der Waals surface area contributed by atoms with E-state index in [1.807, 2.05) is 13.8 Å². The Morgan fingerprint density at radius 2 is 1.87 bits per heavy atom. The maximum Gasteiger partial charge on any atom is 0.369 e. The molecular formula is C18H19NO4. The Labute approximate surface area is 135 Å². The molecule has 0 aromatic heterocycles. The first-order chi connectivity index (χ1) is 10.9. The summed E-state index contributed by atoms with van der Waals surface area (Å²) >= 11 is 0. The van der Waals surface area contributed by atoms with E-state index in [1.165, 1.54) is 13.2 Å². The van der Waals surface area contributed by atoms with E-state index in [4.69, 9.17) is 9.57 Å². The molecule has 1 aliphatic rings. The fourth-order valence-electron chi connectivity index (χ4n) is 2.19. The summed E-state index contributed by atoms with van der Waals surface area (Å²) in [5.74, 6) is -0.157. The highest BCUT2D eigenvalue weighted by Gasteiger charge is 2.20. The number of ketones is 1. The quantitative estimate of drug-likeness (QED) is 0.486. The van der Waals surface area contributed by atoms with Gasteiger partial charge in [0.2, 0.25) is 0 Å². The molecule has 23 heavy (non-hydrogen) atoms. The Morgan fingerprint density at radius 1 is 1.17 bits per heavy atom. The molecule has 0 unspecified atom stereocenters. The lowest BCUT2D eigenvalue weighted by molar-refractivity contribution is -0.111. The van der Waals surface area contributed by atoms with Crippen LogP contribution < -0.4 is 4.74 Å². The zero-order chi connectivity index (χ0) is 17.0. The van der Waals surface area contributed by atoms with Crippen LogP contribution in [0.5, 0.6) is 5.75 Å². The van der Waals surface area contributed by atoms with Gasteiger partial charge in [-0.05, 0) is 42.7 Å². The van der Waals surface area contributed by atoms with Crippen molar-refractivity contribution in [3.63, 3.8) is 0 Å². The Bertz CT molecular complexity index is 726. The van der Waals surface area contributed by atoms with Gasteiger partial charge in [-0.3, -0.25) is 4.79 Å². The van der Waals surface area contributed by atoms with Crippen LogP contribution in [0.1, 0.15) is 31.1 Å². The van der Waals surface area contributed by atoms with Crippen LogP contribution in [0.4, 0.5) is 0 Å². The molecule has 0 fully saturated rings. The highest BCUT2D eigenvalue weighted by Crippen LogP contribution is 2.21.